The van der Waals surface area contributed by atoms with E-state index in [-0.39, 0.29) is 18.4 Å². The van der Waals surface area contributed by atoms with E-state index >= 15 is 0 Å². The van der Waals surface area contributed by atoms with Gasteiger partial charge in [0.2, 0.25) is 0 Å². The molecule has 26 heavy (non-hydrogen) atoms. The second kappa shape index (κ2) is 9.94. The van der Waals surface area contributed by atoms with E-state index in [2.05, 4.69) is 27.8 Å². The summed E-state index contributed by atoms with van der Waals surface area (Å²) >= 11 is 0. The molecule has 0 unspecified atom stereocenters. The number of likely N-dealkylation sites (tertiary alicyclic amines) is 1. The zero-order valence-corrected chi connectivity index (χ0v) is 16.4. The number of nitrogens with zero attached hydrogens (tertiary/aromatic N) is 2. The van der Waals surface area contributed by atoms with E-state index in [1.807, 2.05) is 18.5 Å². The lowest BCUT2D eigenvalue weighted by Gasteiger charge is -2.35. The summed E-state index contributed by atoms with van der Waals surface area (Å²) < 4.78 is 5.64. The zero-order chi connectivity index (χ0) is 17.5. The molecular formula is C21H29ClN2O2. The first kappa shape index (κ1) is 20.7. The van der Waals surface area contributed by atoms with E-state index < -0.39 is 5.60 Å². The number of piperidine rings is 1. The summed E-state index contributed by atoms with van der Waals surface area (Å²) in [5.74, 6) is 6.46. The highest BCUT2D eigenvalue weighted by molar-refractivity contribution is 5.85. The van der Waals surface area contributed by atoms with Gasteiger partial charge >= 0.3 is 5.97 Å². The monoisotopic (exact) mass is 376 g/mol. The van der Waals surface area contributed by atoms with Gasteiger partial charge < -0.3 is 4.74 Å². The Balaban J connectivity index is 0.00000243. The quantitative estimate of drug-likeness (QED) is 0.582. The van der Waals surface area contributed by atoms with Crippen molar-refractivity contribution in [2.45, 2.75) is 69.9 Å². The van der Waals surface area contributed by atoms with E-state index in [9.17, 15) is 4.79 Å². The lowest BCUT2D eigenvalue weighted by atomic mass is 9.85. The normalized spacial score (nSPS) is 22.4. The standard InChI is InChI=1S/C21H28N2O2.ClH/c1-18(24)25-21(11-4-2-5-12-21)13-8-16-23-15-6-3-10-20(23)19-9-7-14-22-17-19;/h7,9,14,17,20H,2-6,10-12,15-16H2,1H3;1H/t20-;/m0./s1. The third-order valence-electron chi connectivity index (χ3n) is 5.28. The Morgan fingerprint density at radius 2 is 2.12 bits per heavy atom. The topological polar surface area (TPSA) is 42.4 Å². The lowest BCUT2D eigenvalue weighted by Crippen LogP contribution is -2.36. The maximum Gasteiger partial charge on any atom is 0.304 e. The van der Waals surface area contributed by atoms with Gasteiger partial charge in [-0.15, -0.1) is 12.4 Å². The van der Waals surface area contributed by atoms with Crippen LogP contribution in [0.25, 0.3) is 0 Å². The molecule has 142 valence electrons. The molecule has 3 rings (SSSR count). The molecule has 1 saturated heterocycles. The number of esters is 1. The number of hydrogen-bond donors (Lipinski definition) is 0. The molecule has 1 aromatic heterocycles. The number of aromatic nitrogens is 1. The number of carbonyl (C=O) groups is 1. The van der Waals surface area contributed by atoms with Crippen LogP contribution in [0.1, 0.15) is 69.9 Å². The second-order valence-electron chi connectivity index (χ2n) is 7.22. The number of rotatable bonds is 3. The van der Waals surface area contributed by atoms with Crippen LogP contribution in [-0.2, 0) is 9.53 Å². The van der Waals surface area contributed by atoms with Crippen LogP contribution in [-0.4, -0.2) is 34.5 Å². The van der Waals surface area contributed by atoms with Gasteiger partial charge in [0.25, 0.3) is 0 Å². The number of carbonyl (C=O) groups excluding carboxylic acids is 1. The summed E-state index contributed by atoms with van der Waals surface area (Å²) in [7, 11) is 0. The number of ether oxygens (including phenoxy) is 1. The number of hydrogen-bond acceptors (Lipinski definition) is 4. The molecule has 0 radical (unpaired) electrons. The Kier molecular flexibility index (Phi) is 7.93. The summed E-state index contributed by atoms with van der Waals surface area (Å²) in [5, 5.41) is 0. The summed E-state index contributed by atoms with van der Waals surface area (Å²) in [6.45, 7) is 3.28. The molecule has 1 atom stereocenters. The van der Waals surface area contributed by atoms with Crippen LogP contribution >= 0.6 is 12.4 Å². The molecule has 0 aromatic carbocycles. The average molecular weight is 377 g/mol. The predicted molar refractivity (Wildman–Crippen MR) is 105 cm³/mol. The molecule has 1 aliphatic carbocycles. The van der Waals surface area contributed by atoms with Gasteiger partial charge in [0, 0.05) is 25.4 Å². The van der Waals surface area contributed by atoms with Gasteiger partial charge in [0.15, 0.2) is 5.60 Å². The molecule has 2 heterocycles. The minimum atomic E-state index is -0.552. The van der Waals surface area contributed by atoms with Crippen molar-refractivity contribution in [3.63, 3.8) is 0 Å². The third kappa shape index (κ3) is 5.46. The lowest BCUT2D eigenvalue weighted by molar-refractivity contribution is -0.153. The van der Waals surface area contributed by atoms with Gasteiger partial charge in [-0.05, 0) is 56.7 Å². The van der Waals surface area contributed by atoms with Crippen molar-refractivity contribution in [2.75, 3.05) is 13.1 Å². The molecule has 1 aromatic rings. The molecule has 0 N–H and O–H groups in total. The Hall–Kier alpha value is -1.57. The van der Waals surface area contributed by atoms with Crippen molar-refractivity contribution in [3.8, 4) is 11.8 Å². The molecule has 2 fully saturated rings. The van der Waals surface area contributed by atoms with Crippen LogP contribution in [0.2, 0.25) is 0 Å². The maximum atomic E-state index is 11.5. The number of halogens is 1. The molecular weight excluding hydrogens is 348 g/mol. The minimum Gasteiger partial charge on any atom is -0.446 e. The summed E-state index contributed by atoms with van der Waals surface area (Å²) in [6.07, 6.45) is 12.5. The molecule has 0 bridgehead atoms. The SMILES string of the molecule is CC(=O)OC1(C#CCN2CCCC[C@H]2c2cccnc2)CCCCC1.Cl. The highest BCUT2D eigenvalue weighted by Crippen LogP contribution is 2.32. The van der Waals surface area contributed by atoms with Gasteiger partial charge in [-0.3, -0.25) is 14.7 Å². The Morgan fingerprint density at radius 1 is 1.31 bits per heavy atom. The van der Waals surface area contributed by atoms with Crippen molar-refractivity contribution in [1.29, 1.82) is 0 Å². The van der Waals surface area contributed by atoms with Gasteiger partial charge in [0.05, 0.1) is 6.54 Å². The Labute approximate surface area is 163 Å². The summed E-state index contributed by atoms with van der Waals surface area (Å²) in [6, 6.07) is 4.56. The van der Waals surface area contributed by atoms with Gasteiger partial charge in [-0.1, -0.05) is 30.7 Å². The van der Waals surface area contributed by atoms with E-state index in [0.717, 1.165) is 45.2 Å². The fourth-order valence-electron chi connectivity index (χ4n) is 4.08. The van der Waals surface area contributed by atoms with Crippen LogP contribution in [0, 0.1) is 11.8 Å². The first-order valence-corrected chi connectivity index (χ1v) is 9.52. The zero-order valence-electron chi connectivity index (χ0n) is 15.6. The molecule has 5 heteroatoms. The number of pyridine rings is 1. The summed E-state index contributed by atoms with van der Waals surface area (Å²) in [4.78, 5) is 18.2. The van der Waals surface area contributed by atoms with Crippen molar-refractivity contribution in [2.24, 2.45) is 0 Å². The minimum absolute atomic E-state index is 0. The van der Waals surface area contributed by atoms with E-state index in [1.165, 1.54) is 31.7 Å². The molecule has 4 nitrogen and oxygen atoms in total. The Bertz CT molecular complexity index is 632. The van der Waals surface area contributed by atoms with Gasteiger partial charge in [-0.2, -0.15) is 0 Å². The van der Waals surface area contributed by atoms with E-state index in [1.54, 1.807) is 0 Å². The molecule has 0 amide bonds. The van der Waals surface area contributed by atoms with Crippen LogP contribution < -0.4 is 0 Å². The molecule has 2 aliphatic rings. The van der Waals surface area contributed by atoms with Crippen LogP contribution in [0.3, 0.4) is 0 Å². The third-order valence-corrected chi connectivity index (χ3v) is 5.28. The highest BCUT2D eigenvalue weighted by atomic mass is 35.5. The fourth-order valence-corrected chi connectivity index (χ4v) is 4.08. The summed E-state index contributed by atoms with van der Waals surface area (Å²) in [5.41, 5.74) is 0.722. The largest absolute Gasteiger partial charge is 0.446 e. The van der Waals surface area contributed by atoms with Crippen LogP contribution in [0.5, 0.6) is 0 Å². The van der Waals surface area contributed by atoms with Crippen LogP contribution in [0.4, 0.5) is 0 Å². The smallest absolute Gasteiger partial charge is 0.304 e. The molecule has 1 aliphatic heterocycles. The first-order chi connectivity index (χ1) is 12.2. The first-order valence-electron chi connectivity index (χ1n) is 9.52. The van der Waals surface area contributed by atoms with Crippen molar-refractivity contribution in [3.05, 3.63) is 30.1 Å². The van der Waals surface area contributed by atoms with Crippen molar-refractivity contribution in [1.82, 2.24) is 9.88 Å². The van der Waals surface area contributed by atoms with Gasteiger partial charge in [-0.25, -0.2) is 0 Å². The van der Waals surface area contributed by atoms with E-state index in [0.29, 0.717) is 6.04 Å². The van der Waals surface area contributed by atoms with Gasteiger partial charge in [0.1, 0.15) is 0 Å². The van der Waals surface area contributed by atoms with E-state index in [4.69, 9.17) is 4.74 Å². The average Bonchev–Trinajstić information content (AvgIpc) is 2.63. The molecule has 0 spiro atoms. The van der Waals surface area contributed by atoms with Crippen molar-refractivity contribution < 1.29 is 9.53 Å². The predicted octanol–water partition coefficient (Wildman–Crippen LogP) is 4.30. The second-order valence-corrected chi connectivity index (χ2v) is 7.22. The molecule has 1 saturated carbocycles. The fraction of sp³-hybridized carbons (Fsp3) is 0.619. The maximum absolute atomic E-state index is 11.5. The Morgan fingerprint density at radius 3 is 2.81 bits per heavy atom. The van der Waals surface area contributed by atoms with Crippen molar-refractivity contribution >= 4 is 18.4 Å². The van der Waals surface area contributed by atoms with Crippen LogP contribution in [0.15, 0.2) is 24.5 Å². The highest BCUT2D eigenvalue weighted by Gasteiger charge is 2.33.